The number of ether oxygens (including phenoxy) is 4. The van der Waals surface area contributed by atoms with Crippen molar-refractivity contribution in [2.24, 2.45) is 0 Å². The van der Waals surface area contributed by atoms with Crippen LogP contribution in [0, 0.1) is 0 Å². The Morgan fingerprint density at radius 3 is 1.11 bits per heavy atom. The molecule has 24 heteroatoms. The summed E-state index contributed by atoms with van der Waals surface area (Å²) in [7, 11) is 0. The summed E-state index contributed by atoms with van der Waals surface area (Å²) in [6, 6.07) is 17.9. The van der Waals surface area contributed by atoms with Gasteiger partial charge in [-0.05, 0) is 70.8 Å². The normalized spacial score (nSPS) is 24.0. The van der Waals surface area contributed by atoms with Crippen LogP contribution < -0.4 is 18.9 Å². The van der Waals surface area contributed by atoms with Crippen molar-refractivity contribution in [3.05, 3.63) is 164 Å². The lowest BCUT2D eigenvalue weighted by molar-refractivity contribution is -0.00597. The van der Waals surface area contributed by atoms with E-state index in [1.807, 2.05) is 0 Å². The molecule has 4 heterocycles. The number of fused-ring (bicyclic) bond motifs is 4. The Morgan fingerprint density at radius 1 is 0.286 bits per heavy atom. The molecule has 24 nitrogen and oxygen atoms in total. The maximum atomic E-state index is 13.1. The Bertz CT molecular complexity index is 4030. The van der Waals surface area contributed by atoms with E-state index in [0.717, 1.165) is 78.9 Å². The van der Waals surface area contributed by atoms with Gasteiger partial charge in [-0.1, -0.05) is 24.3 Å². The number of hydrogen-bond donors (Lipinski definition) is 20. The molecular formula is C60H50O24. The van der Waals surface area contributed by atoms with Crippen LogP contribution in [0.3, 0.4) is 0 Å². The molecule has 4 aliphatic heterocycles. The van der Waals surface area contributed by atoms with Crippen molar-refractivity contribution in [1.82, 2.24) is 0 Å². The quantitative estimate of drug-likeness (QED) is 0.0827. The minimum Gasteiger partial charge on any atom is -0.508 e. The number of hydrogen-bond acceptors (Lipinski definition) is 24. The minimum absolute atomic E-state index is 0.00596. The molecule has 0 unspecified atom stereocenters. The zero-order valence-electron chi connectivity index (χ0n) is 43.0. The highest BCUT2D eigenvalue weighted by atomic mass is 16.5. The lowest BCUT2D eigenvalue weighted by Crippen LogP contribution is -2.39. The van der Waals surface area contributed by atoms with Gasteiger partial charge in [0.25, 0.3) is 0 Å². The Labute approximate surface area is 472 Å². The molecule has 11 atom stereocenters. The third kappa shape index (κ3) is 8.44. The molecule has 0 spiro atoms. The van der Waals surface area contributed by atoms with E-state index >= 15 is 0 Å². The second kappa shape index (κ2) is 19.7. The first-order valence-electron chi connectivity index (χ1n) is 25.7. The standard InChI is InChI=1S/C60H50O24/c61-23-13-34(71)42-40(14-23)81-56(20-2-6-26(63)31(68)10-20)52(78)48(42)43-38(75)18-41-47(51(43)77)50(54(80)57(82-41)21-3-7-27(64)32(69)11-21)46-37(74)17-36(73)45-49(53(79)58(84-60(45)46)22-4-8-28(65)33(70)12-22)44-35(72)16-29(66)24-15-39(76)55(83-59(24)44)19-1-5-25(62)30(67)9-19/h1-14,16-18,39,48-50,52-58,61-80H,15H2/t39-,48+,49+,50+,52-,53-,54-,55-,56-,57-,58-/m1/s1. The molecule has 0 saturated carbocycles. The summed E-state index contributed by atoms with van der Waals surface area (Å²) in [5.74, 6) is -19.0. The van der Waals surface area contributed by atoms with E-state index in [2.05, 4.69) is 0 Å². The van der Waals surface area contributed by atoms with E-state index in [1.54, 1.807) is 0 Å². The third-order valence-electron chi connectivity index (χ3n) is 16.0. The van der Waals surface area contributed by atoms with Crippen LogP contribution in [0.4, 0.5) is 0 Å². The highest BCUT2D eigenvalue weighted by molar-refractivity contribution is 5.73. The lowest BCUT2D eigenvalue weighted by Gasteiger charge is -2.43. The van der Waals surface area contributed by atoms with Crippen molar-refractivity contribution in [3.63, 3.8) is 0 Å². The highest BCUT2D eigenvalue weighted by Crippen LogP contribution is 2.64. The van der Waals surface area contributed by atoms with Gasteiger partial charge in [0, 0.05) is 75.7 Å². The van der Waals surface area contributed by atoms with Crippen LogP contribution >= 0.6 is 0 Å². The van der Waals surface area contributed by atoms with Crippen molar-refractivity contribution < 1.29 is 121 Å². The topological polar surface area (TPSA) is 442 Å². The number of rotatable bonds is 7. The van der Waals surface area contributed by atoms with E-state index < -0.39 is 210 Å². The van der Waals surface area contributed by atoms with Crippen molar-refractivity contribution in [1.29, 1.82) is 0 Å². The Hall–Kier alpha value is -10.4. The van der Waals surface area contributed by atoms with Crippen LogP contribution in [-0.2, 0) is 6.42 Å². The summed E-state index contributed by atoms with van der Waals surface area (Å²) in [5, 5.41) is 229. The van der Waals surface area contributed by atoms with Crippen molar-refractivity contribution in [2.45, 2.75) is 73.0 Å². The maximum Gasteiger partial charge on any atom is 0.157 e. The molecule has 12 rings (SSSR count). The second-order valence-electron chi connectivity index (χ2n) is 21.0. The molecule has 0 fully saturated rings. The fourth-order valence-electron chi connectivity index (χ4n) is 12.2. The maximum absolute atomic E-state index is 13.1. The van der Waals surface area contributed by atoms with Gasteiger partial charge in [0.2, 0.25) is 0 Å². The fraction of sp³-hybridized carbons (Fsp3) is 0.200. The zero-order chi connectivity index (χ0) is 59.8. The summed E-state index contributed by atoms with van der Waals surface area (Å²) in [5.41, 5.74) is -3.30. The van der Waals surface area contributed by atoms with Crippen LogP contribution in [0.1, 0.15) is 103 Å². The first kappa shape index (κ1) is 54.2. The van der Waals surface area contributed by atoms with Gasteiger partial charge >= 0.3 is 0 Å². The van der Waals surface area contributed by atoms with Gasteiger partial charge in [-0.2, -0.15) is 0 Å². The van der Waals surface area contributed by atoms with Crippen LogP contribution in [0.25, 0.3) is 0 Å². The summed E-state index contributed by atoms with van der Waals surface area (Å²) < 4.78 is 25.5. The third-order valence-corrected chi connectivity index (χ3v) is 16.0. The molecule has 0 amide bonds. The van der Waals surface area contributed by atoms with Gasteiger partial charge in [0.15, 0.2) is 64.3 Å². The fourth-order valence-corrected chi connectivity index (χ4v) is 12.2. The average molecular weight is 1160 g/mol. The summed E-state index contributed by atoms with van der Waals surface area (Å²) >= 11 is 0. The van der Waals surface area contributed by atoms with Gasteiger partial charge in [0.05, 0.1) is 23.9 Å². The molecule has 0 aliphatic carbocycles. The molecule has 0 radical (unpaired) electrons. The number of phenols is 16. The summed E-state index contributed by atoms with van der Waals surface area (Å²) in [6.07, 6.45) is -14.7. The predicted molar refractivity (Wildman–Crippen MR) is 285 cm³/mol. The van der Waals surface area contributed by atoms with E-state index in [1.165, 1.54) is 24.3 Å². The lowest BCUT2D eigenvalue weighted by atomic mass is 9.72. The molecule has 84 heavy (non-hydrogen) atoms. The van der Waals surface area contributed by atoms with Gasteiger partial charge < -0.3 is 121 Å². The molecular weight excluding hydrogens is 1100 g/mol. The molecule has 0 saturated heterocycles. The SMILES string of the molecule is Oc1cc(O)c2c(c1)O[C@H](c1ccc(O)c(O)c1)[C@H](O)[C@@H]2c1c(O)cc2c(c1O)[C@H](c1c(O)cc(O)c3c1O[C@H](c1ccc(O)c(O)c1)[C@H](O)[C@H]3c1c(O)cc(O)c3c1O[C@H](c1ccc(O)c(O)c1)[C@H](O)C3)[C@@H](O)[C@@H](c1ccc(O)c(O)c1)O2. The smallest absolute Gasteiger partial charge is 0.157 e. The molecule has 8 aromatic rings. The van der Waals surface area contributed by atoms with Gasteiger partial charge in [0.1, 0.15) is 93.4 Å². The van der Waals surface area contributed by atoms with Crippen LogP contribution in [-0.4, -0.2) is 127 Å². The van der Waals surface area contributed by atoms with Crippen molar-refractivity contribution in [2.75, 3.05) is 0 Å². The number of aliphatic hydroxyl groups is 4. The van der Waals surface area contributed by atoms with E-state index in [9.17, 15) is 102 Å². The summed E-state index contributed by atoms with van der Waals surface area (Å²) in [6.45, 7) is 0. The zero-order valence-corrected chi connectivity index (χ0v) is 43.0. The molecule has 4 aliphatic rings. The Kier molecular flexibility index (Phi) is 12.7. The summed E-state index contributed by atoms with van der Waals surface area (Å²) in [4.78, 5) is 0. The van der Waals surface area contributed by atoms with Crippen LogP contribution in [0.2, 0.25) is 0 Å². The number of benzene rings is 8. The Balaban J connectivity index is 1.13. The first-order valence-corrected chi connectivity index (χ1v) is 25.7. The molecule has 0 aromatic heterocycles. The van der Waals surface area contributed by atoms with Gasteiger partial charge in [-0.3, -0.25) is 0 Å². The van der Waals surface area contributed by atoms with Crippen molar-refractivity contribution >= 4 is 0 Å². The van der Waals surface area contributed by atoms with Gasteiger partial charge in [-0.15, -0.1) is 0 Å². The van der Waals surface area contributed by atoms with E-state index in [-0.39, 0.29) is 39.1 Å². The largest absolute Gasteiger partial charge is 0.508 e. The molecule has 0 bridgehead atoms. The highest BCUT2D eigenvalue weighted by Gasteiger charge is 2.53. The second-order valence-corrected chi connectivity index (χ2v) is 21.0. The number of aromatic hydroxyl groups is 16. The molecule has 8 aromatic carbocycles. The van der Waals surface area contributed by atoms with Crippen LogP contribution in [0.5, 0.6) is 115 Å². The predicted octanol–water partition coefficient (Wildman–Crippen LogP) is 5.89. The van der Waals surface area contributed by atoms with Crippen molar-refractivity contribution in [3.8, 4) is 115 Å². The number of aliphatic hydroxyl groups excluding tert-OH is 4. The molecule has 434 valence electrons. The first-order chi connectivity index (χ1) is 39.9. The van der Waals surface area contributed by atoms with E-state index in [4.69, 9.17) is 18.9 Å². The monoisotopic (exact) mass is 1150 g/mol. The van der Waals surface area contributed by atoms with Gasteiger partial charge in [-0.25, -0.2) is 0 Å². The molecule has 20 N–H and O–H groups in total. The number of phenolic OH excluding ortho intramolecular Hbond substituents is 16. The van der Waals surface area contributed by atoms with Crippen LogP contribution in [0.15, 0.2) is 103 Å². The average Bonchev–Trinajstić information content (AvgIpc) is 1.08. The minimum atomic E-state index is -2.15. The Morgan fingerprint density at radius 2 is 0.643 bits per heavy atom. The van der Waals surface area contributed by atoms with E-state index in [0.29, 0.717) is 0 Å².